The van der Waals surface area contributed by atoms with E-state index in [0.29, 0.717) is 18.7 Å². The van der Waals surface area contributed by atoms with E-state index in [1.807, 2.05) is 46.7 Å². The monoisotopic (exact) mass is 363 g/mol. The van der Waals surface area contributed by atoms with Gasteiger partial charge in [-0.3, -0.25) is 4.79 Å². The molecule has 0 saturated carbocycles. The molecule has 138 valence electrons. The molecule has 3 aromatic rings. The number of fused-ring (bicyclic) bond motifs is 1. The van der Waals surface area contributed by atoms with Crippen LogP contribution in [-0.2, 0) is 11.2 Å². The number of carboxylic acid groups (broad SMARTS) is 1. The van der Waals surface area contributed by atoms with Crippen LogP contribution in [0.2, 0.25) is 0 Å². The van der Waals surface area contributed by atoms with Gasteiger partial charge in [-0.2, -0.15) is 0 Å². The summed E-state index contributed by atoms with van der Waals surface area (Å²) >= 11 is 0. The normalized spacial score (nSPS) is 16.8. The van der Waals surface area contributed by atoms with Gasteiger partial charge in [-0.15, -0.1) is 0 Å². The molecule has 6 nitrogen and oxygen atoms in total. The molecule has 1 amide bonds. The molecule has 1 aromatic carbocycles. The zero-order chi connectivity index (χ0) is 19.0. The molecule has 3 heterocycles. The fourth-order valence-electron chi connectivity index (χ4n) is 3.89. The number of amides is 1. The Morgan fingerprint density at radius 2 is 2.04 bits per heavy atom. The largest absolute Gasteiger partial charge is 0.478 e. The van der Waals surface area contributed by atoms with Crippen LogP contribution in [0.15, 0.2) is 48.8 Å². The first-order valence-corrected chi connectivity index (χ1v) is 9.06. The molecule has 0 bridgehead atoms. The van der Waals surface area contributed by atoms with E-state index in [4.69, 9.17) is 0 Å². The standard InChI is InChI=1S/C21H21N3O3/c1-14-5-4-9-24-16(12-22-20(14)24)11-19(25)23-10-8-15(13-23)17-6-2-3-7-18(17)21(26)27/h2-7,9,12,15H,8,10-11,13H2,1H3,(H,26,27)/t15-/m0/s1. The molecule has 27 heavy (non-hydrogen) atoms. The van der Waals surface area contributed by atoms with E-state index in [-0.39, 0.29) is 18.2 Å². The Bertz CT molecular complexity index is 1020. The number of aromatic carboxylic acids is 1. The molecule has 1 fully saturated rings. The highest BCUT2D eigenvalue weighted by Gasteiger charge is 2.30. The summed E-state index contributed by atoms with van der Waals surface area (Å²) in [7, 11) is 0. The summed E-state index contributed by atoms with van der Waals surface area (Å²) in [5.41, 5.74) is 3.95. The quantitative estimate of drug-likeness (QED) is 0.773. The molecule has 6 heteroatoms. The van der Waals surface area contributed by atoms with E-state index >= 15 is 0 Å². The van der Waals surface area contributed by atoms with Gasteiger partial charge in [0.25, 0.3) is 0 Å². The average molecular weight is 363 g/mol. The molecule has 0 spiro atoms. The van der Waals surface area contributed by atoms with Crippen molar-refractivity contribution < 1.29 is 14.7 Å². The number of benzene rings is 1. The minimum absolute atomic E-state index is 0.0496. The lowest BCUT2D eigenvalue weighted by molar-refractivity contribution is -0.129. The van der Waals surface area contributed by atoms with Crippen molar-refractivity contribution in [1.82, 2.24) is 14.3 Å². The summed E-state index contributed by atoms with van der Waals surface area (Å²) in [6, 6.07) is 11.0. The van der Waals surface area contributed by atoms with Gasteiger partial charge in [0.1, 0.15) is 5.65 Å². The van der Waals surface area contributed by atoms with Crippen molar-refractivity contribution in [2.45, 2.75) is 25.7 Å². The topological polar surface area (TPSA) is 74.9 Å². The van der Waals surface area contributed by atoms with Crippen LogP contribution in [0.1, 0.15) is 39.5 Å². The van der Waals surface area contributed by atoms with Crippen molar-refractivity contribution >= 4 is 17.5 Å². The summed E-state index contributed by atoms with van der Waals surface area (Å²) in [5, 5.41) is 9.40. The van der Waals surface area contributed by atoms with Gasteiger partial charge < -0.3 is 14.4 Å². The van der Waals surface area contributed by atoms with E-state index in [1.165, 1.54) is 0 Å². The van der Waals surface area contributed by atoms with Crippen LogP contribution in [0.3, 0.4) is 0 Å². The zero-order valence-corrected chi connectivity index (χ0v) is 15.1. The minimum Gasteiger partial charge on any atom is -0.478 e. The third-order valence-electron chi connectivity index (χ3n) is 5.31. The lowest BCUT2D eigenvalue weighted by atomic mass is 9.93. The number of pyridine rings is 1. The van der Waals surface area contributed by atoms with Crippen LogP contribution < -0.4 is 0 Å². The van der Waals surface area contributed by atoms with E-state index in [9.17, 15) is 14.7 Å². The Morgan fingerprint density at radius 1 is 1.22 bits per heavy atom. The predicted octanol–water partition coefficient (Wildman–Crippen LogP) is 2.90. The minimum atomic E-state index is -0.920. The molecule has 4 rings (SSSR count). The molecule has 1 aliphatic heterocycles. The number of nitrogens with zero attached hydrogens (tertiary/aromatic N) is 3. The van der Waals surface area contributed by atoms with E-state index in [2.05, 4.69) is 4.98 Å². The highest BCUT2D eigenvalue weighted by Crippen LogP contribution is 2.30. The fourth-order valence-corrected chi connectivity index (χ4v) is 3.89. The summed E-state index contributed by atoms with van der Waals surface area (Å²) in [4.78, 5) is 30.5. The number of carboxylic acids is 1. The molecule has 1 N–H and O–H groups in total. The third kappa shape index (κ3) is 3.18. The van der Waals surface area contributed by atoms with Gasteiger partial charge in [-0.05, 0) is 36.6 Å². The highest BCUT2D eigenvalue weighted by molar-refractivity contribution is 5.89. The van der Waals surface area contributed by atoms with Crippen molar-refractivity contribution in [2.24, 2.45) is 0 Å². The van der Waals surface area contributed by atoms with Crippen LogP contribution in [0.5, 0.6) is 0 Å². The van der Waals surface area contributed by atoms with E-state index < -0.39 is 5.97 Å². The van der Waals surface area contributed by atoms with Crippen LogP contribution in [0.4, 0.5) is 0 Å². The maximum Gasteiger partial charge on any atom is 0.335 e. The Morgan fingerprint density at radius 3 is 2.85 bits per heavy atom. The summed E-state index contributed by atoms with van der Waals surface area (Å²) in [6.45, 7) is 3.20. The SMILES string of the molecule is Cc1cccn2c(CC(=O)N3CC[C@H](c4ccccc4C(=O)O)C3)cnc12. The molecular formula is C21H21N3O3. The Kier molecular flexibility index (Phi) is 4.39. The van der Waals surface area contributed by atoms with Crippen molar-refractivity contribution in [3.05, 3.63) is 71.2 Å². The molecule has 1 atom stereocenters. The van der Waals surface area contributed by atoms with Gasteiger partial charge in [0, 0.05) is 31.4 Å². The van der Waals surface area contributed by atoms with Crippen molar-refractivity contribution in [3.8, 4) is 0 Å². The number of carbonyl (C=O) groups is 2. The fraction of sp³-hybridized carbons (Fsp3) is 0.286. The Balaban J connectivity index is 1.50. The van der Waals surface area contributed by atoms with Gasteiger partial charge in [-0.1, -0.05) is 24.3 Å². The van der Waals surface area contributed by atoms with Crippen LogP contribution in [0, 0.1) is 6.92 Å². The van der Waals surface area contributed by atoms with Gasteiger partial charge >= 0.3 is 5.97 Å². The number of hydrogen-bond donors (Lipinski definition) is 1. The van der Waals surface area contributed by atoms with Crippen molar-refractivity contribution in [2.75, 3.05) is 13.1 Å². The van der Waals surface area contributed by atoms with Gasteiger partial charge in [-0.25, -0.2) is 9.78 Å². The van der Waals surface area contributed by atoms with Crippen LogP contribution >= 0.6 is 0 Å². The van der Waals surface area contributed by atoms with Crippen molar-refractivity contribution in [3.63, 3.8) is 0 Å². The first kappa shape index (κ1) is 17.3. The zero-order valence-electron chi connectivity index (χ0n) is 15.1. The number of rotatable bonds is 4. The van der Waals surface area contributed by atoms with Gasteiger partial charge in [0.15, 0.2) is 0 Å². The van der Waals surface area contributed by atoms with Gasteiger partial charge in [0.2, 0.25) is 5.91 Å². The predicted molar refractivity (Wildman–Crippen MR) is 101 cm³/mol. The summed E-state index contributed by atoms with van der Waals surface area (Å²) in [6.07, 6.45) is 4.75. The molecule has 1 aliphatic rings. The van der Waals surface area contributed by atoms with Crippen LogP contribution in [-0.4, -0.2) is 44.4 Å². The maximum atomic E-state index is 12.8. The number of hydrogen-bond acceptors (Lipinski definition) is 3. The molecule has 0 aliphatic carbocycles. The highest BCUT2D eigenvalue weighted by atomic mass is 16.4. The van der Waals surface area contributed by atoms with Crippen LogP contribution in [0.25, 0.3) is 5.65 Å². The molecule has 0 unspecified atom stereocenters. The molecule has 2 aromatic heterocycles. The molecule has 1 saturated heterocycles. The first-order valence-electron chi connectivity index (χ1n) is 9.06. The maximum absolute atomic E-state index is 12.8. The smallest absolute Gasteiger partial charge is 0.335 e. The number of aromatic nitrogens is 2. The van der Waals surface area contributed by atoms with E-state index in [1.54, 1.807) is 18.3 Å². The summed E-state index contributed by atoms with van der Waals surface area (Å²) < 4.78 is 1.96. The third-order valence-corrected chi connectivity index (χ3v) is 5.31. The lowest BCUT2D eigenvalue weighted by Gasteiger charge is -2.17. The number of likely N-dealkylation sites (tertiary alicyclic amines) is 1. The van der Waals surface area contributed by atoms with Crippen molar-refractivity contribution in [1.29, 1.82) is 0 Å². The second kappa shape index (κ2) is 6.87. The summed E-state index contributed by atoms with van der Waals surface area (Å²) in [5.74, 6) is -0.809. The first-order chi connectivity index (χ1) is 13.0. The Labute approximate surface area is 157 Å². The second-order valence-corrected chi connectivity index (χ2v) is 7.03. The Hall–Kier alpha value is -3.15. The molecular weight excluding hydrogens is 342 g/mol. The number of carbonyl (C=O) groups excluding carboxylic acids is 1. The van der Waals surface area contributed by atoms with E-state index in [0.717, 1.165) is 28.9 Å². The lowest BCUT2D eigenvalue weighted by Crippen LogP contribution is -2.30. The second-order valence-electron chi connectivity index (χ2n) is 7.03. The number of imidazole rings is 1. The van der Waals surface area contributed by atoms with Gasteiger partial charge in [0.05, 0.1) is 17.7 Å². The average Bonchev–Trinajstić information content (AvgIpc) is 3.30. The molecule has 0 radical (unpaired) electrons. The number of aryl methyl sites for hydroxylation is 1.